The average Bonchev–Trinajstić information content (AvgIpc) is 3.09. The van der Waals surface area contributed by atoms with Gasteiger partial charge in [-0.2, -0.15) is 0 Å². The Hall–Kier alpha value is -0.300. The fraction of sp³-hybridized carbons (Fsp3) is 0.417. The Morgan fingerprint density at radius 1 is 1.50 bits per heavy atom. The second kappa shape index (κ2) is 5.83. The van der Waals surface area contributed by atoms with Crippen molar-refractivity contribution in [3.05, 3.63) is 27.2 Å². The molecule has 1 amide bonds. The summed E-state index contributed by atoms with van der Waals surface area (Å²) in [5.41, 5.74) is 0.0991. The maximum absolute atomic E-state index is 12.2. The van der Waals surface area contributed by atoms with E-state index in [0.717, 1.165) is 12.8 Å². The van der Waals surface area contributed by atoms with Crippen LogP contribution in [-0.4, -0.2) is 20.4 Å². The molecule has 1 saturated carbocycles. The molecular weight excluding hydrogens is 389 g/mol. The van der Waals surface area contributed by atoms with Crippen LogP contribution in [0.25, 0.3) is 0 Å². The molecule has 1 aliphatic rings. The van der Waals surface area contributed by atoms with Gasteiger partial charge in [0.2, 0.25) is 0 Å². The normalized spacial score (nSPS) is 21.6. The highest BCUT2D eigenvalue weighted by Gasteiger charge is 2.37. The summed E-state index contributed by atoms with van der Waals surface area (Å²) in [6.45, 7) is 2.06. The molecule has 0 saturated heterocycles. The maximum atomic E-state index is 12.2. The van der Waals surface area contributed by atoms with Gasteiger partial charge in [0.1, 0.15) is 0 Å². The highest BCUT2D eigenvalue weighted by atomic mass is 79.9. The fourth-order valence-electron chi connectivity index (χ4n) is 1.99. The molecule has 2 unspecified atom stereocenters. The summed E-state index contributed by atoms with van der Waals surface area (Å²) >= 11 is 9.17. The standard InChI is InChI=1S/C12H12BrCl2NO3S/c1-2-6-3-10(6)16-12(17)8-4-7(20(15,18)19)5-9(13)11(8)14/h4-6,10H,2-3H2,1H3,(H,16,17). The van der Waals surface area contributed by atoms with Gasteiger partial charge in [0.05, 0.1) is 15.5 Å². The first kappa shape index (κ1) is 16.1. The predicted molar refractivity (Wildman–Crippen MR) is 81.8 cm³/mol. The Balaban J connectivity index is 2.31. The molecule has 1 aromatic rings. The zero-order valence-corrected chi connectivity index (χ0v) is 14.4. The van der Waals surface area contributed by atoms with E-state index in [1.165, 1.54) is 12.1 Å². The van der Waals surface area contributed by atoms with Gasteiger partial charge in [-0.05, 0) is 40.4 Å². The van der Waals surface area contributed by atoms with Crippen molar-refractivity contribution >= 4 is 53.2 Å². The highest BCUT2D eigenvalue weighted by molar-refractivity contribution is 9.10. The summed E-state index contributed by atoms with van der Waals surface area (Å²) in [5, 5.41) is 3.00. The molecule has 1 aromatic carbocycles. The van der Waals surface area contributed by atoms with Crippen molar-refractivity contribution < 1.29 is 13.2 Å². The molecule has 20 heavy (non-hydrogen) atoms. The van der Waals surface area contributed by atoms with E-state index < -0.39 is 9.05 Å². The zero-order chi connectivity index (χ0) is 15.1. The van der Waals surface area contributed by atoms with Crippen LogP contribution >= 0.6 is 38.2 Å². The zero-order valence-electron chi connectivity index (χ0n) is 10.5. The first-order chi connectivity index (χ1) is 9.24. The second-order valence-electron chi connectivity index (χ2n) is 4.69. The number of hydrogen-bond donors (Lipinski definition) is 1. The van der Waals surface area contributed by atoms with Gasteiger partial charge in [0.15, 0.2) is 0 Å². The minimum absolute atomic E-state index is 0.0991. The maximum Gasteiger partial charge on any atom is 0.261 e. The van der Waals surface area contributed by atoms with Crippen LogP contribution < -0.4 is 5.32 Å². The van der Waals surface area contributed by atoms with Gasteiger partial charge in [-0.3, -0.25) is 4.79 Å². The third-order valence-corrected chi connectivity index (χ3v) is 5.89. The first-order valence-electron chi connectivity index (χ1n) is 5.98. The summed E-state index contributed by atoms with van der Waals surface area (Å²) in [5.74, 6) is 0.0972. The smallest absolute Gasteiger partial charge is 0.261 e. The summed E-state index contributed by atoms with van der Waals surface area (Å²) in [6, 6.07) is 2.60. The van der Waals surface area contributed by atoms with E-state index >= 15 is 0 Å². The van der Waals surface area contributed by atoms with E-state index in [1.54, 1.807) is 0 Å². The number of amides is 1. The molecule has 8 heteroatoms. The summed E-state index contributed by atoms with van der Waals surface area (Å²) in [6.07, 6.45) is 1.94. The van der Waals surface area contributed by atoms with Crippen LogP contribution in [0.5, 0.6) is 0 Å². The lowest BCUT2D eigenvalue weighted by Gasteiger charge is -2.09. The number of carbonyl (C=O) groups excluding carboxylic acids is 1. The van der Waals surface area contributed by atoms with E-state index in [-0.39, 0.29) is 27.4 Å². The SMILES string of the molecule is CCC1CC1NC(=O)c1cc(S(=O)(=O)Cl)cc(Br)c1Cl. The molecule has 2 rings (SSSR count). The molecule has 0 heterocycles. The van der Waals surface area contributed by atoms with Gasteiger partial charge < -0.3 is 5.32 Å². The molecule has 1 N–H and O–H groups in total. The molecule has 0 aromatic heterocycles. The van der Waals surface area contributed by atoms with E-state index in [0.29, 0.717) is 10.4 Å². The molecule has 1 aliphatic carbocycles. The van der Waals surface area contributed by atoms with Crippen LogP contribution in [0.1, 0.15) is 30.1 Å². The Morgan fingerprint density at radius 3 is 2.65 bits per heavy atom. The van der Waals surface area contributed by atoms with Gasteiger partial charge in [-0.1, -0.05) is 24.9 Å². The minimum Gasteiger partial charge on any atom is -0.349 e. The van der Waals surface area contributed by atoms with Crippen molar-refractivity contribution in [2.45, 2.75) is 30.7 Å². The summed E-state index contributed by atoms with van der Waals surface area (Å²) < 4.78 is 23.1. The highest BCUT2D eigenvalue weighted by Crippen LogP contribution is 2.35. The first-order valence-corrected chi connectivity index (χ1v) is 9.46. The van der Waals surface area contributed by atoms with Gasteiger partial charge >= 0.3 is 0 Å². The van der Waals surface area contributed by atoms with Crippen molar-refractivity contribution in [3.63, 3.8) is 0 Å². The van der Waals surface area contributed by atoms with Crippen LogP contribution in [0.4, 0.5) is 0 Å². The number of halogens is 3. The minimum atomic E-state index is -3.92. The van der Waals surface area contributed by atoms with E-state index in [9.17, 15) is 13.2 Å². The second-order valence-corrected chi connectivity index (χ2v) is 8.49. The third kappa shape index (κ3) is 3.47. The molecule has 0 bridgehead atoms. The fourth-order valence-corrected chi connectivity index (χ4v) is 3.58. The van der Waals surface area contributed by atoms with Crippen molar-refractivity contribution in [1.82, 2.24) is 5.32 Å². The van der Waals surface area contributed by atoms with Crippen molar-refractivity contribution in [1.29, 1.82) is 0 Å². The summed E-state index contributed by atoms with van der Waals surface area (Å²) in [7, 11) is 1.38. The quantitative estimate of drug-likeness (QED) is 0.786. The number of nitrogens with one attached hydrogen (secondary N) is 1. The monoisotopic (exact) mass is 399 g/mol. The molecular formula is C12H12BrCl2NO3S. The van der Waals surface area contributed by atoms with Gasteiger partial charge in [-0.25, -0.2) is 8.42 Å². The largest absolute Gasteiger partial charge is 0.349 e. The molecule has 2 atom stereocenters. The number of rotatable bonds is 4. The topological polar surface area (TPSA) is 63.2 Å². The van der Waals surface area contributed by atoms with Gasteiger partial charge in [0.25, 0.3) is 15.0 Å². The Morgan fingerprint density at radius 2 is 2.15 bits per heavy atom. The predicted octanol–water partition coefficient (Wildman–Crippen LogP) is 3.56. The molecule has 1 fully saturated rings. The van der Waals surface area contributed by atoms with Crippen LogP contribution in [0.2, 0.25) is 5.02 Å². The Labute approximate surface area is 135 Å². The van der Waals surface area contributed by atoms with Crippen molar-refractivity contribution in [2.24, 2.45) is 5.92 Å². The molecule has 0 radical (unpaired) electrons. The molecule has 110 valence electrons. The number of benzene rings is 1. The lowest BCUT2D eigenvalue weighted by atomic mass is 10.2. The molecule has 0 aliphatic heterocycles. The number of carbonyl (C=O) groups is 1. The lowest BCUT2D eigenvalue weighted by molar-refractivity contribution is 0.0949. The van der Waals surface area contributed by atoms with E-state index in [2.05, 4.69) is 28.2 Å². The van der Waals surface area contributed by atoms with E-state index in [1.807, 2.05) is 0 Å². The average molecular weight is 401 g/mol. The molecule has 4 nitrogen and oxygen atoms in total. The van der Waals surface area contributed by atoms with Crippen molar-refractivity contribution in [2.75, 3.05) is 0 Å². The van der Waals surface area contributed by atoms with Crippen LogP contribution in [0.3, 0.4) is 0 Å². The Bertz CT molecular complexity index is 663. The third-order valence-electron chi connectivity index (χ3n) is 3.29. The van der Waals surface area contributed by atoms with Gasteiger partial charge in [0, 0.05) is 21.2 Å². The van der Waals surface area contributed by atoms with Crippen LogP contribution in [0.15, 0.2) is 21.5 Å². The van der Waals surface area contributed by atoms with E-state index in [4.69, 9.17) is 22.3 Å². The lowest BCUT2D eigenvalue weighted by Crippen LogP contribution is -2.27. The Kier molecular flexibility index (Phi) is 4.69. The summed E-state index contributed by atoms with van der Waals surface area (Å²) in [4.78, 5) is 12.0. The molecule has 0 spiro atoms. The van der Waals surface area contributed by atoms with Crippen molar-refractivity contribution in [3.8, 4) is 0 Å². The number of hydrogen-bond acceptors (Lipinski definition) is 3. The van der Waals surface area contributed by atoms with Gasteiger partial charge in [-0.15, -0.1) is 0 Å². The van der Waals surface area contributed by atoms with Crippen LogP contribution in [0, 0.1) is 5.92 Å². The van der Waals surface area contributed by atoms with Crippen LogP contribution in [-0.2, 0) is 9.05 Å².